The van der Waals surface area contributed by atoms with Gasteiger partial charge >= 0.3 is 0 Å². The third-order valence-corrected chi connectivity index (χ3v) is 4.41. The topological polar surface area (TPSA) is 87.3 Å². The molecule has 148 valence electrons. The van der Waals surface area contributed by atoms with Crippen molar-refractivity contribution in [3.63, 3.8) is 0 Å². The first-order chi connectivity index (χ1) is 12.8. The second-order valence-electron chi connectivity index (χ2n) is 6.80. The number of rotatable bonds is 5. The van der Waals surface area contributed by atoms with Crippen LogP contribution in [-0.2, 0) is 20.8 Å². The first-order valence-corrected chi connectivity index (χ1v) is 9.17. The number of benzene rings is 1. The Hall–Kier alpha value is -2.51. The predicted molar refractivity (Wildman–Crippen MR) is 95.7 cm³/mol. The first kappa shape index (κ1) is 20.8. The van der Waals surface area contributed by atoms with Gasteiger partial charge in [0.15, 0.2) is 0 Å². The van der Waals surface area contributed by atoms with Gasteiger partial charge in [-0.1, -0.05) is 19.3 Å². The highest BCUT2D eigenvalue weighted by molar-refractivity contribution is 5.92. The number of hydrogen-bond donors (Lipinski definition) is 3. The lowest BCUT2D eigenvalue weighted by molar-refractivity contribution is -0.131. The Labute approximate surface area is 157 Å². The molecular formula is C19H25F2N3O3. The number of carbonyl (C=O) groups excluding carboxylic acids is 3. The fraction of sp³-hybridized carbons (Fsp3) is 0.526. The average molecular weight is 381 g/mol. The van der Waals surface area contributed by atoms with Gasteiger partial charge in [0, 0.05) is 12.6 Å². The molecule has 0 aliphatic carbocycles. The summed E-state index contributed by atoms with van der Waals surface area (Å²) in [5.41, 5.74) is 0.174. The number of hydrogen-bond acceptors (Lipinski definition) is 3. The summed E-state index contributed by atoms with van der Waals surface area (Å²) in [6.07, 6.45) is 4.08. The van der Waals surface area contributed by atoms with Gasteiger partial charge in [0.25, 0.3) is 0 Å². The molecule has 0 bridgehead atoms. The molecule has 1 saturated heterocycles. The second kappa shape index (κ2) is 9.99. The minimum atomic E-state index is -0.878. The molecule has 1 aliphatic heterocycles. The van der Waals surface area contributed by atoms with Crippen molar-refractivity contribution in [3.05, 3.63) is 35.4 Å². The van der Waals surface area contributed by atoms with E-state index in [0.717, 1.165) is 43.9 Å². The maximum Gasteiger partial charge on any atom is 0.242 e. The molecule has 8 heteroatoms. The van der Waals surface area contributed by atoms with Crippen LogP contribution in [0.5, 0.6) is 0 Å². The molecule has 1 fully saturated rings. The molecule has 2 atom stereocenters. The Morgan fingerprint density at radius 1 is 1.15 bits per heavy atom. The minimum Gasteiger partial charge on any atom is -0.354 e. The van der Waals surface area contributed by atoms with E-state index in [-0.39, 0.29) is 17.9 Å². The Morgan fingerprint density at radius 2 is 1.81 bits per heavy atom. The fourth-order valence-electron chi connectivity index (χ4n) is 2.98. The van der Waals surface area contributed by atoms with Gasteiger partial charge in [0.2, 0.25) is 17.7 Å². The van der Waals surface area contributed by atoms with E-state index in [9.17, 15) is 23.2 Å². The number of nitrogens with one attached hydrogen (secondary N) is 3. The van der Waals surface area contributed by atoms with E-state index in [4.69, 9.17) is 0 Å². The lowest BCUT2D eigenvalue weighted by Gasteiger charge is -2.20. The third-order valence-electron chi connectivity index (χ3n) is 4.41. The van der Waals surface area contributed by atoms with Crippen molar-refractivity contribution >= 4 is 17.7 Å². The van der Waals surface area contributed by atoms with Gasteiger partial charge < -0.3 is 16.0 Å². The standard InChI is InChI=1S/C19H25F2N3O3/c1-12(23-17(25)10-13-8-14(20)11-15(21)9-13)18(26)24-16-6-4-2-3-5-7-22-19(16)27/h8-9,11-12,16H,2-7,10H2,1H3,(H,22,27)(H,23,25)(H,24,26)/t12-,16?/m0/s1. The smallest absolute Gasteiger partial charge is 0.242 e. The van der Waals surface area contributed by atoms with Crippen LogP contribution >= 0.6 is 0 Å². The summed E-state index contributed by atoms with van der Waals surface area (Å²) in [6.45, 7) is 2.08. The lowest BCUT2D eigenvalue weighted by atomic mass is 10.1. The van der Waals surface area contributed by atoms with E-state index in [1.165, 1.54) is 6.92 Å². The van der Waals surface area contributed by atoms with Crippen molar-refractivity contribution in [3.8, 4) is 0 Å². The fourth-order valence-corrected chi connectivity index (χ4v) is 2.98. The number of halogens is 2. The van der Waals surface area contributed by atoms with Gasteiger partial charge in [-0.2, -0.15) is 0 Å². The highest BCUT2D eigenvalue weighted by atomic mass is 19.1. The monoisotopic (exact) mass is 381 g/mol. The molecule has 2 rings (SSSR count). The van der Waals surface area contributed by atoms with Crippen LogP contribution in [-0.4, -0.2) is 36.3 Å². The van der Waals surface area contributed by atoms with Crippen LogP contribution in [0.15, 0.2) is 18.2 Å². The molecule has 1 aliphatic rings. The lowest BCUT2D eigenvalue weighted by Crippen LogP contribution is -2.52. The van der Waals surface area contributed by atoms with Crippen molar-refractivity contribution in [2.75, 3.05) is 6.54 Å². The first-order valence-electron chi connectivity index (χ1n) is 9.17. The average Bonchev–Trinajstić information content (AvgIpc) is 2.67. The number of amides is 3. The largest absolute Gasteiger partial charge is 0.354 e. The van der Waals surface area contributed by atoms with Crippen LogP contribution in [0.25, 0.3) is 0 Å². The molecule has 3 amide bonds. The SMILES string of the molecule is C[C@H](NC(=O)Cc1cc(F)cc(F)c1)C(=O)NC1CCCCCCNC1=O. The summed E-state index contributed by atoms with van der Waals surface area (Å²) in [5, 5.41) is 7.94. The molecule has 3 N–H and O–H groups in total. The summed E-state index contributed by atoms with van der Waals surface area (Å²) >= 11 is 0. The molecular weight excluding hydrogens is 356 g/mol. The molecule has 6 nitrogen and oxygen atoms in total. The maximum atomic E-state index is 13.2. The summed E-state index contributed by atoms with van der Waals surface area (Å²) in [5.74, 6) is -2.78. The quantitative estimate of drug-likeness (QED) is 0.724. The molecule has 0 radical (unpaired) electrons. The third kappa shape index (κ3) is 6.96. The van der Waals surface area contributed by atoms with Crippen molar-refractivity contribution in [1.82, 2.24) is 16.0 Å². The van der Waals surface area contributed by atoms with Crippen molar-refractivity contribution < 1.29 is 23.2 Å². The summed E-state index contributed by atoms with van der Waals surface area (Å²) < 4.78 is 26.4. The summed E-state index contributed by atoms with van der Waals surface area (Å²) in [4.78, 5) is 36.5. The van der Waals surface area contributed by atoms with Crippen LogP contribution in [0.1, 0.15) is 44.6 Å². The molecule has 0 aromatic heterocycles. The van der Waals surface area contributed by atoms with Gasteiger partial charge in [-0.15, -0.1) is 0 Å². The normalized spacial score (nSPS) is 19.1. The van der Waals surface area contributed by atoms with E-state index in [2.05, 4.69) is 16.0 Å². The highest BCUT2D eigenvalue weighted by Crippen LogP contribution is 2.10. The van der Waals surface area contributed by atoms with E-state index < -0.39 is 35.5 Å². The Morgan fingerprint density at radius 3 is 2.52 bits per heavy atom. The second-order valence-corrected chi connectivity index (χ2v) is 6.80. The van der Waals surface area contributed by atoms with E-state index in [1.54, 1.807) is 0 Å². The van der Waals surface area contributed by atoms with Gasteiger partial charge in [0.05, 0.1) is 6.42 Å². The van der Waals surface area contributed by atoms with Crippen molar-refractivity contribution in [2.24, 2.45) is 0 Å². The van der Waals surface area contributed by atoms with Gasteiger partial charge in [-0.3, -0.25) is 14.4 Å². The van der Waals surface area contributed by atoms with Gasteiger partial charge in [-0.05, 0) is 37.5 Å². The van der Waals surface area contributed by atoms with Crippen LogP contribution in [0.4, 0.5) is 8.78 Å². The minimum absolute atomic E-state index is 0.174. The summed E-state index contributed by atoms with van der Waals surface area (Å²) in [7, 11) is 0. The van der Waals surface area contributed by atoms with E-state index in [0.29, 0.717) is 13.0 Å². The molecule has 0 saturated carbocycles. The molecule has 1 unspecified atom stereocenters. The van der Waals surface area contributed by atoms with E-state index >= 15 is 0 Å². The zero-order valence-corrected chi connectivity index (χ0v) is 15.3. The summed E-state index contributed by atoms with van der Waals surface area (Å²) in [6, 6.07) is 1.34. The van der Waals surface area contributed by atoms with Crippen LogP contribution in [0, 0.1) is 11.6 Å². The molecule has 0 spiro atoms. The van der Waals surface area contributed by atoms with Crippen LogP contribution in [0.2, 0.25) is 0 Å². The highest BCUT2D eigenvalue weighted by Gasteiger charge is 2.24. The maximum absolute atomic E-state index is 13.2. The molecule has 1 heterocycles. The van der Waals surface area contributed by atoms with Gasteiger partial charge in [0.1, 0.15) is 23.7 Å². The van der Waals surface area contributed by atoms with Gasteiger partial charge in [-0.25, -0.2) is 8.78 Å². The Kier molecular flexibility index (Phi) is 7.69. The molecule has 1 aromatic carbocycles. The van der Waals surface area contributed by atoms with Crippen molar-refractivity contribution in [1.29, 1.82) is 0 Å². The molecule has 27 heavy (non-hydrogen) atoms. The van der Waals surface area contributed by atoms with Crippen LogP contribution < -0.4 is 16.0 Å². The van der Waals surface area contributed by atoms with E-state index in [1.807, 2.05) is 0 Å². The zero-order chi connectivity index (χ0) is 19.8. The van der Waals surface area contributed by atoms with Crippen molar-refractivity contribution in [2.45, 2.75) is 57.5 Å². The molecule has 1 aromatic rings. The Bertz CT molecular complexity index is 677. The zero-order valence-electron chi connectivity index (χ0n) is 15.3. The Balaban J connectivity index is 1.87. The van der Waals surface area contributed by atoms with Crippen LogP contribution in [0.3, 0.4) is 0 Å². The number of carbonyl (C=O) groups is 3. The predicted octanol–water partition coefficient (Wildman–Crippen LogP) is 1.58.